The van der Waals surface area contributed by atoms with Gasteiger partial charge < -0.3 is 20.5 Å². The summed E-state index contributed by atoms with van der Waals surface area (Å²) < 4.78 is 10.5. The van der Waals surface area contributed by atoms with Crippen LogP contribution >= 0.6 is 0 Å². The van der Waals surface area contributed by atoms with E-state index in [1.54, 1.807) is 14.2 Å². The van der Waals surface area contributed by atoms with Gasteiger partial charge in [-0.2, -0.15) is 0 Å². The van der Waals surface area contributed by atoms with Crippen molar-refractivity contribution in [3.63, 3.8) is 0 Å². The minimum absolute atomic E-state index is 0.105. The third-order valence-corrected chi connectivity index (χ3v) is 3.74. The molecule has 5 heteroatoms. The summed E-state index contributed by atoms with van der Waals surface area (Å²) in [5.41, 5.74) is 6.89. The van der Waals surface area contributed by atoms with E-state index in [1.165, 1.54) is 0 Å². The molecule has 0 aliphatic heterocycles. The van der Waals surface area contributed by atoms with E-state index in [0.717, 1.165) is 23.5 Å². The van der Waals surface area contributed by atoms with Crippen molar-refractivity contribution in [2.45, 2.75) is 32.7 Å². The molecule has 2 atom stereocenters. The molecule has 21 heavy (non-hydrogen) atoms. The van der Waals surface area contributed by atoms with Crippen LogP contribution in [-0.2, 0) is 11.2 Å². The lowest BCUT2D eigenvalue weighted by atomic mass is 9.99. The van der Waals surface area contributed by atoms with Gasteiger partial charge in [0.25, 0.3) is 0 Å². The Bertz CT molecular complexity index is 463. The zero-order valence-electron chi connectivity index (χ0n) is 13.3. The molecule has 0 spiro atoms. The maximum atomic E-state index is 11.9. The Balaban J connectivity index is 2.57. The Morgan fingerprint density at radius 2 is 2.05 bits per heavy atom. The van der Waals surface area contributed by atoms with Crippen molar-refractivity contribution in [2.24, 2.45) is 11.7 Å². The Morgan fingerprint density at radius 1 is 1.33 bits per heavy atom. The molecule has 5 nitrogen and oxygen atoms in total. The molecule has 0 aliphatic carbocycles. The number of benzene rings is 1. The number of rotatable bonds is 8. The summed E-state index contributed by atoms with van der Waals surface area (Å²) in [4.78, 5) is 11.9. The number of carbonyl (C=O) groups is 1. The van der Waals surface area contributed by atoms with Gasteiger partial charge in [0, 0.05) is 6.54 Å². The third kappa shape index (κ3) is 4.93. The predicted octanol–water partition coefficient (Wildman–Crippen LogP) is 1.74. The standard InChI is InChI=1S/C16H26N2O3/c1-5-11(2)15(17)16(19)18-9-8-12-10-13(20-3)6-7-14(12)21-4/h6-7,10-11,15H,5,8-9,17H2,1-4H3,(H,18,19)/t11?,15-/m0/s1. The summed E-state index contributed by atoms with van der Waals surface area (Å²) in [5, 5.41) is 2.87. The van der Waals surface area contributed by atoms with Crippen molar-refractivity contribution in [3.8, 4) is 11.5 Å². The van der Waals surface area contributed by atoms with Gasteiger partial charge >= 0.3 is 0 Å². The molecule has 118 valence electrons. The number of ether oxygens (including phenoxy) is 2. The Labute approximate surface area is 126 Å². The lowest BCUT2D eigenvalue weighted by molar-refractivity contribution is -0.123. The Morgan fingerprint density at radius 3 is 2.62 bits per heavy atom. The average molecular weight is 294 g/mol. The molecule has 0 saturated heterocycles. The fourth-order valence-corrected chi connectivity index (χ4v) is 2.03. The van der Waals surface area contributed by atoms with E-state index in [1.807, 2.05) is 32.0 Å². The van der Waals surface area contributed by atoms with E-state index < -0.39 is 6.04 Å². The van der Waals surface area contributed by atoms with Crippen LogP contribution in [-0.4, -0.2) is 32.7 Å². The topological polar surface area (TPSA) is 73.6 Å². The zero-order chi connectivity index (χ0) is 15.8. The van der Waals surface area contributed by atoms with Crippen LogP contribution < -0.4 is 20.5 Å². The van der Waals surface area contributed by atoms with E-state index in [2.05, 4.69) is 5.32 Å². The molecule has 0 saturated carbocycles. The first kappa shape index (κ1) is 17.3. The number of nitrogens with one attached hydrogen (secondary N) is 1. The predicted molar refractivity (Wildman–Crippen MR) is 83.7 cm³/mol. The van der Waals surface area contributed by atoms with Gasteiger partial charge in [0.2, 0.25) is 5.91 Å². The summed E-state index contributed by atoms with van der Waals surface area (Å²) in [6.45, 7) is 4.53. The normalized spacial score (nSPS) is 13.4. The number of carbonyl (C=O) groups excluding carboxylic acids is 1. The molecule has 0 bridgehead atoms. The SMILES string of the molecule is CCC(C)[C@H](N)C(=O)NCCc1cc(OC)ccc1OC. The second kappa shape index (κ2) is 8.52. The molecule has 1 aromatic carbocycles. The smallest absolute Gasteiger partial charge is 0.237 e. The maximum absolute atomic E-state index is 11.9. The fraction of sp³-hybridized carbons (Fsp3) is 0.562. The van der Waals surface area contributed by atoms with E-state index >= 15 is 0 Å². The van der Waals surface area contributed by atoms with Crippen LogP contribution in [0.2, 0.25) is 0 Å². The molecule has 0 aliphatic rings. The second-order valence-electron chi connectivity index (χ2n) is 5.13. The Kier molecular flexibility index (Phi) is 7.02. The summed E-state index contributed by atoms with van der Waals surface area (Å²) in [5.74, 6) is 1.63. The number of hydrogen-bond donors (Lipinski definition) is 2. The quantitative estimate of drug-likeness (QED) is 0.766. The highest BCUT2D eigenvalue weighted by Crippen LogP contribution is 2.24. The van der Waals surface area contributed by atoms with Gasteiger partial charge in [-0.3, -0.25) is 4.79 Å². The highest BCUT2D eigenvalue weighted by molar-refractivity contribution is 5.81. The van der Waals surface area contributed by atoms with E-state index in [9.17, 15) is 4.79 Å². The van der Waals surface area contributed by atoms with Crippen molar-refractivity contribution >= 4 is 5.91 Å². The number of methoxy groups -OCH3 is 2. The molecule has 3 N–H and O–H groups in total. The first-order valence-electron chi connectivity index (χ1n) is 7.27. The van der Waals surface area contributed by atoms with Crippen molar-refractivity contribution in [1.29, 1.82) is 0 Å². The van der Waals surface area contributed by atoms with E-state index in [0.29, 0.717) is 13.0 Å². The zero-order valence-corrected chi connectivity index (χ0v) is 13.3. The van der Waals surface area contributed by atoms with E-state index in [-0.39, 0.29) is 11.8 Å². The van der Waals surface area contributed by atoms with Crippen LogP contribution in [0.4, 0.5) is 0 Å². The molecule has 1 unspecified atom stereocenters. The molecule has 0 fully saturated rings. The lowest BCUT2D eigenvalue weighted by Crippen LogP contribution is -2.45. The maximum Gasteiger partial charge on any atom is 0.237 e. The van der Waals surface area contributed by atoms with Gasteiger partial charge in [-0.15, -0.1) is 0 Å². The monoisotopic (exact) mass is 294 g/mol. The first-order valence-corrected chi connectivity index (χ1v) is 7.27. The van der Waals surface area contributed by atoms with Crippen molar-refractivity contribution in [1.82, 2.24) is 5.32 Å². The summed E-state index contributed by atoms with van der Waals surface area (Å²) in [7, 11) is 3.25. The highest BCUT2D eigenvalue weighted by Gasteiger charge is 2.18. The third-order valence-electron chi connectivity index (χ3n) is 3.74. The van der Waals surface area contributed by atoms with Gasteiger partial charge in [0.05, 0.1) is 20.3 Å². The van der Waals surface area contributed by atoms with Gasteiger partial charge in [-0.1, -0.05) is 20.3 Å². The van der Waals surface area contributed by atoms with Crippen LogP contribution in [0.1, 0.15) is 25.8 Å². The van der Waals surface area contributed by atoms with Crippen molar-refractivity contribution in [2.75, 3.05) is 20.8 Å². The summed E-state index contributed by atoms with van der Waals surface area (Å²) >= 11 is 0. The van der Waals surface area contributed by atoms with Crippen LogP contribution in [0, 0.1) is 5.92 Å². The van der Waals surface area contributed by atoms with Crippen molar-refractivity contribution < 1.29 is 14.3 Å². The largest absolute Gasteiger partial charge is 0.497 e. The summed E-state index contributed by atoms with van der Waals surface area (Å²) in [6, 6.07) is 5.17. The number of hydrogen-bond acceptors (Lipinski definition) is 4. The Hall–Kier alpha value is -1.75. The van der Waals surface area contributed by atoms with Crippen LogP contribution in [0.3, 0.4) is 0 Å². The first-order chi connectivity index (χ1) is 10.0. The minimum Gasteiger partial charge on any atom is -0.497 e. The van der Waals surface area contributed by atoms with Crippen LogP contribution in [0.25, 0.3) is 0 Å². The van der Waals surface area contributed by atoms with Crippen molar-refractivity contribution in [3.05, 3.63) is 23.8 Å². The molecule has 1 amide bonds. The fourth-order valence-electron chi connectivity index (χ4n) is 2.03. The second-order valence-corrected chi connectivity index (χ2v) is 5.13. The van der Waals surface area contributed by atoms with Gasteiger partial charge in [0.15, 0.2) is 0 Å². The molecule has 1 rings (SSSR count). The summed E-state index contributed by atoms with van der Waals surface area (Å²) in [6.07, 6.45) is 1.55. The molecule has 0 heterocycles. The average Bonchev–Trinajstić information content (AvgIpc) is 2.52. The van der Waals surface area contributed by atoms with Crippen LogP contribution in [0.5, 0.6) is 11.5 Å². The van der Waals surface area contributed by atoms with Crippen LogP contribution in [0.15, 0.2) is 18.2 Å². The number of nitrogens with two attached hydrogens (primary N) is 1. The molecular formula is C16H26N2O3. The molecular weight excluding hydrogens is 268 g/mol. The number of amides is 1. The molecule has 0 aromatic heterocycles. The van der Waals surface area contributed by atoms with Gasteiger partial charge in [-0.05, 0) is 36.1 Å². The van der Waals surface area contributed by atoms with Gasteiger partial charge in [0.1, 0.15) is 11.5 Å². The highest BCUT2D eigenvalue weighted by atomic mass is 16.5. The van der Waals surface area contributed by atoms with E-state index in [4.69, 9.17) is 15.2 Å². The lowest BCUT2D eigenvalue weighted by Gasteiger charge is -2.18. The molecule has 1 aromatic rings. The minimum atomic E-state index is -0.456. The van der Waals surface area contributed by atoms with Gasteiger partial charge in [-0.25, -0.2) is 0 Å². The molecule has 0 radical (unpaired) electrons.